The smallest absolute Gasteiger partial charge is 0.131 e. The zero-order chi connectivity index (χ0) is 30.9. The molecule has 41 heavy (non-hydrogen) atoms. The molecule has 1 aliphatic carbocycles. The van der Waals surface area contributed by atoms with E-state index in [0.717, 1.165) is 22.3 Å². The van der Waals surface area contributed by atoms with Crippen molar-refractivity contribution in [2.75, 3.05) is 0 Å². The average Bonchev–Trinajstić information content (AvgIpc) is 2.95. The quantitative estimate of drug-likeness (QED) is 0.224. The van der Waals surface area contributed by atoms with Crippen molar-refractivity contribution in [1.82, 2.24) is 0 Å². The fourth-order valence-electron chi connectivity index (χ4n) is 4.95. The standard InChI is InChI=1S/C13H17F.C12H18.C9H20.C6H12/c1-9(2)11-7-6-10(3)8-12(11)13(4,5)14;1-3-4-5-6-12-9-7-11(2)8-10-12;1-3-5-7-9-8-6-4-2;1-2-4-6-5-3-1/h6-8H,1H2,2-5H3;7-10H,3-6H2,1-2H3;3-9H2,1-2H3;1-6H2. The molecule has 234 valence electrons. The third-order valence-corrected chi connectivity index (χ3v) is 7.67. The van der Waals surface area contributed by atoms with Gasteiger partial charge < -0.3 is 0 Å². The lowest BCUT2D eigenvalue weighted by Gasteiger charge is -2.20. The van der Waals surface area contributed by atoms with Crippen LogP contribution in [0.25, 0.3) is 5.57 Å². The number of hydrogen-bond acceptors (Lipinski definition) is 0. The Balaban J connectivity index is 0.000000541. The van der Waals surface area contributed by atoms with Crippen LogP contribution in [-0.4, -0.2) is 0 Å². The minimum absolute atomic E-state index is 0.727. The highest BCUT2D eigenvalue weighted by atomic mass is 19.1. The molecular weight excluding hydrogens is 499 g/mol. The minimum Gasteiger partial charge on any atom is -0.239 e. The molecule has 0 bridgehead atoms. The van der Waals surface area contributed by atoms with Gasteiger partial charge in [-0.1, -0.05) is 183 Å². The van der Waals surface area contributed by atoms with Gasteiger partial charge in [0.05, 0.1) is 0 Å². The second kappa shape index (κ2) is 24.7. The van der Waals surface area contributed by atoms with E-state index in [1.54, 1.807) is 13.8 Å². The Kier molecular flexibility index (Phi) is 23.5. The third-order valence-electron chi connectivity index (χ3n) is 7.67. The van der Waals surface area contributed by atoms with Crippen LogP contribution >= 0.6 is 0 Å². The van der Waals surface area contributed by atoms with Crippen molar-refractivity contribution in [2.24, 2.45) is 0 Å². The number of allylic oxidation sites excluding steroid dienone is 1. The molecule has 1 aliphatic rings. The van der Waals surface area contributed by atoms with Crippen molar-refractivity contribution >= 4 is 5.57 Å². The van der Waals surface area contributed by atoms with Gasteiger partial charge in [0.15, 0.2) is 0 Å². The Hall–Kier alpha value is -1.89. The van der Waals surface area contributed by atoms with Gasteiger partial charge in [0, 0.05) is 0 Å². The summed E-state index contributed by atoms with van der Waals surface area (Å²) >= 11 is 0. The molecule has 0 spiro atoms. The zero-order valence-corrected chi connectivity index (χ0v) is 28.6. The highest BCUT2D eigenvalue weighted by Gasteiger charge is 2.22. The monoisotopic (exact) mass is 567 g/mol. The molecule has 0 unspecified atom stereocenters. The van der Waals surface area contributed by atoms with Crippen LogP contribution in [0, 0.1) is 13.8 Å². The van der Waals surface area contributed by atoms with Gasteiger partial charge in [-0.2, -0.15) is 0 Å². The highest BCUT2D eigenvalue weighted by molar-refractivity contribution is 5.66. The summed E-state index contributed by atoms with van der Waals surface area (Å²) < 4.78 is 13.9. The van der Waals surface area contributed by atoms with Crippen LogP contribution in [0.5, 0.6) is 0 Å². The Morgan fingerprint density at radius 1 is 0.659 bits per heavy atom. The summed E-state index contributed by atoms with van der Waals surface area (Å²) in [6.45, 7) is 19.8. The fourth-order valence-corrected chi connectivity index (χ4v) is 4.95. The molecular formula is C40H67F. The fraction of sp³-hybridized carbons (Fsp3) is 0.650. The van der Waals surface area contributed by atoms with Crippen LogP contribution in [0.1, 0.15) is 172 Å². The predicted molar refractivity (Wildman–Crippen MR) is 186 cm³/mol. The lowest BCUT2D eigenvalue weighted by molar-refractivity contribution is 0.221. The van der Waals surface area contributed by atoms with Gasteiger partial charge in [-0.15, -0.1) is 0 Å². The second-order valence-electron chi connectivity index (χ2n) is 12.6. The Bertz CT molecular complexity index is 863. The SMILES string of the molecule is C1CCCCC1.C=C(C)c1ccc(C)cc1C(C)(C)F.CCCCCCCCC.CCCCCc1ccc(C)cc1. The number of hydrogen-bond donors (Lipinski definition) is 0. The summed E-state index contributed by atoms with van der Waals surface area (Å²) in [6, 6.07) is 14.7. The van der Waals surface area contributed by atoms with Gasteiger partial charge >= 0.3 is 0 Å². The molecule has 0 atom stereocenters. The van der Waals surface area contributed by atoms with E-state index in [1.165, 1.54) is 120 Å². The van der Waals surface area contributed by atoms with Crippen molar-refractivity contribution in [1.29, 1.82) is 0 Å². The second-order valence-corrected chi connectivity index (χ2v) is 12.6. The maximum atomic E-state index is 13.9. The van der Waals surface area contributed by atoms with Crippen LogP contribution in [0.3, 0.4) is 0 Å². The predicted octanol–water partition coefficient (Wildman–Crippen LogP) is 14.1. The lowest BCUT2D eigenvalue weighted by atomic mass is 9.90. The summed E-state index contributed by atoms with van der Waals surface area (Å²) in [5.74, 6) is 0. The van der Waals surface area contributed by atoms with Gasteiger partial charge in [0.25, 0.3) is 0 Å². The molecule has 0 aliphatic heterocycles. The summed E-state index contributed by atoms with van der Waals surface area (Å²) in [6.07, 6.45) is 24.2. The molecule has 0 saturated heterocycles. The maximum absolute atomic E-state index is 13.9. The Labute approximate surface area is 256 Å². The Morgan fingerprint density at radius 3 is 1.49 bits per heavy atom. The zero-order valence-electron chi connectivity index (χ0n) is 28.6. The van der Waals surface area contributed by atoms with E-state index in [9.17, 15) is 4.39 Å². The van der Waals surface area contributed by atoms with Crippen LogP contribution in [-0.2, 0) is 12.1 Å². The molecule has 1 heteroatoms. The first-order chi connectivity index (χ1) is 19.6. The number of alkyl halides is 1. The van der Waals surface area contributed by atoms with Crippen molar-refractivity contribution in [2.45, 2.75) is 170 Å². The van der Waals surface area contributed by atoms with E-state index >= 15 is 0 Å². The Morgan fingerprint density at radius 2 is 1.07 bits per heavy atom. The number of rotatable bonds is 12. The van der Waals surface area contributed by atoms with Gasteiger partial charge in [0.1, 0.15) is 5.67 Å². The molecule has 0 radical (unpaired) electrons. The van der Waals surface area contributed by atoms with E-state index in [4.69, 9.17) is 0 Å². The minimum atomic E-state index is -1.31. The molecule has 0 aromatic heterocycles. The summed E-state index contributed by atoms with van der Waals surface area (Å²) in [7, 11) is 0. The first kappa shape index (κ1) is 39.1. The highest BCUT2D eigenvalue weighted by Crippen LogP contribution is 2.31. The molecule has 2 aromatic carbocycles. The van der Waals surface area contributed by atoms with Gasteiger partial charge in [-0.05, 0) is 64.2 Å². The molecule has 1 fully saturated rings. The van der Waals surface area contributed by atoms with Gasteiger partial charge in [0.2, 0.25) is 0 Å². The van der Waals surface area contributed by atoms with Crippen LogP contribution < -0.4 is 0 Å². The van der Waals surface area contributed by atoms with Crippen molar-refractivity contribution in [3.05, 3.63) is 76.9 Å². The molecule has 0 nitrogen and oxygen atoms in total. The number of halogens is 1. The molecule has 3 rings (SSSR count). The summed E-state index contributed by atoms with van der Waals surface area (Å²) in [4.78, 5) is 0. The largest absolute Gasteiger partial charge is 0.239 e. The number of benzene rings is 2. The molecule has 2 aromatic rings. The topological polar surface area (TPSA) is 0 Å². The lowest BCUT2D eigenvalue weighted by Crippen LogP contribution is -2.12. The molecule has 1 saturated carbocycles. The normalized spacial score (nSPS) is 12.6. The van der Waals surface area contributed by atoms with Crippen LogP contribution in [0.2, 0.25) is 0 Å². The summed E-state index contributed by atoms with van der Waals surface area (Å²) in [5, 5.41) is 0. The van der Waals surface area contributed by atoms with Crippen molar-refractivity contribution in [3.63, 3.8) is 0 Å². The number of unbranched alkanes of at least 4 members (excludes halogenated alkanes) is 8. The molecule has 0 heterocycles. The molecule has 0 N–H and O–H groups in total. The first-order valence-corrected chi connectivity index (χ1v) is 17.1. The van der Waals surface area contributed by atoms with Crippen LogP contribution in [0.15, 0.2) is 49.0 Å². The van der Waals surface area contributed by atoms with Crippen molar-refractivity contribution < 1.29 is 4.39 Å². The maximum Gasteiger partial charge on any atom is 0.131 e. The average molecular weight is 567 g/mol. The van der Waals surface area contributed by atoms with E-state index in [2.05, 4.69) is 58.5 Å². The molecule has 0 amide bonds. The number of aryl methyl sites for hydroxylation is 3. The van der Waals surface area contributed by atoms with E-state index < -0.39 is 5.67 Å². The van der Waals surface area contributed by atoms with Crippen LogP contribution in [0.4, 0.5) is 4.39 Å². The summed E-state index contributed by atoms with van der Waals surface area (Å²) in [5.41, 5.74) is 5.16. The third kappa shape index (κ3) is 21.5. The van der Waals surface area contributed by atoms with Gasteiger partial charge in [-0.25, -0.2) is 4.39 Å². The van der Waals surface area contributed by atoms with E-state index in [-0.39, 0.29) is 0 Å². The van der Waals surface area contributed by atoms with Gasteiger partial charge in [-0.3, -0.25) is 0 Å². The van der Waals surface area contributed by atoms with E-state index in [0.29, 0.717) is 0 Å². The van der Waals surface area contributed by atoms with E-state index in [1.807, 2.05) is 32.0 Å². The van der Waals surface area contributed by atoms with Crippen molar-refractivity contribution in [3.8, 4) is 0 Å². The first-order valence-electron chi connectivity index (χ1n) is 17.1.